The van der Waals surface area contributed by atoms with Crippen LogP contribution in [0.25, 0.3) is 0 Å². The van der Waals surface area contributed by atoms with E-state index in [0.29, 0.717) is 22.7 Å². The first-order valence-corrected chi connectivity index (χ1v) is 11.2. The number of amides is 1. The highest BCUT2D eigenvalue weighted by atomic mass is 35.5. The Morgan fingerprint density at radius 2 is 2.00 bits per heavy atom. The molecule has 2 aliphatic rings. The zero-order chi connectivity index (χ0) is 21.8. The van der Waals surface area contributed by atoms with Gasteiger partial charge in [-0.2, -0.15) is 0 Å². The van der Waals surface area contributed by atoms with Crippen molar-refractivity contribution in [1.82, 2.24) is 10.2 Å². The maximum Gasteiger partial charge on any atom is 0.338 e. The molecular formula is C22H26ClN3O3S. The van der Waals surface area contributed by atoms with Gasteiger partial charge in [0.2, 0.25) is 5.91 Å². The number of carbonyl (C=O) groups is 2. The van der Waals surface area contributed by atoms with Crippen molar-refractivity contribution in [3.63, 3.8) is 0 Å². The molecule has 30 heavy (non-hydrogen) atoms. The summed E-state index contributed by atoms with van der Waals surface area (Å²) >= 11 is 7.56. The molecule has 0 fully saturated rings. The fourth-order valence-electron chi connectivity index (χ4n) is 3.47. The monoisotopic (exact) mass is 447 g/mol. The van der Waals surface area contributed by atoms with Crippen molar-refractivity contribution in [2.75, 3.05) is 7.11 Å². The summed E-state index contributed by atoms with van der Waals surface area (Å²) in [5, 5.41) is 6.31. The fraction of sp³-hybridized carbons (Fsp3) is 0.409. The van der Waals surface area contributed by atoms with Crippen LogP contribution in [0.15, 0.2) is 51.6 Å². The maximum absolute atomic E-state index is 12.8. The quantitative estimate of drug-likeness (QED) is 0.609. The summed E-state index contributed by atoms with van der Waals surface area (Å²) in [5.41, 5.74) is 2.87. The largest absolute Gasteiger partial charge is 0.466 e. The van der Waals surface area contributed by atoms with E-state index < -0.39 is 12.0 Å². The number of nitrogens with one attached hydrogen (secondary N) is 1. The van der Waals surface area contributed by atoms with Crippen LogP contribution in [-0.2, 0) is 14.3 Å². The van der Waals surface area contributed by atoms with E-state index in [1.54, 1.807) is 12.1 Å². The molecule has 3 rings (SSSR count). The van der Waals surface area contributed by atoms with Crippen LogP contribution < -0.4 is 5.32 Å². The number of allylic oxidation sites excluding steroid dienone is 1. The Kier molecular flexibility index (Phi) is 7.26. The minimum absolute atomic E-state index is 0.0582. The molecule has 2 aliphatic heterocycles. The van der Waals surface area contributed by atoms with Crippen LogP contribution in [0.2, 0.25) is 5.02 Å². The molecule has 1 aromatic carbocycles. The van der Waals surface area contributed by atoms with Crippen molar-refractivity contribution < 1.29 is 14.3 Å². The van der Waals surface area contributed by atoms with Crippen molar-refractivity contribution in [3.05, 3.63) is 57.2 Å². The molecule has 0 bridgehead atoms. The van der Waals surface area contributed by atoms with Crippen LogP contribution in [0.4, 0.5) is 0 Å². The molecule has 0 radical (unpaired) electrons. The second-order valence-electron chi connectivity index (χ2n) is 7.20. The number of rotatable bonds is 7. The summed E-state index contributed by atoms with van der Waals surface area (Å²) in [6.45, 7) is 5.97. The average Bonchev–Trinajstić information content (AvgIpc) is 3.14. The fourth-order valence-corrected chi connectivity index (χ4v) is 4.53. The van der Waals surface area contributed by atoms with Crippen molar-refractivity contribution in [3.8, 4) is 0 Å². The first-order valence-electron chi connectivity index (χ1n) is 9.99. The summed E-state index contributed by atoms with van der Waals surface area (Å²) in [7, 11) is 1.37. The first-order chi connectivity index (χ1) is 14.4. The van der Waals surface area contributed by atoms with Gasteiger partial charge in [0.25, 0.3) is 0 Å². The lowest BCUT2D eigenvalue weighted by Gasteiger charge is -2.36. The van der Waals surface area contributed by atoms with E-state index in [0.717, 1.165) is 22.8 Å². The number of esters is 1. The number of fused-ring (bicyclic) bond motifs is 1. The number of carbonyl (C=O) groups excluding carboxylic acids is 2. The second kappa shape index (κ2) is 9.71. The number of amidine groups is 1. The molecule has 2 atom stereocenters. The maximum atomic E-state index is 12.8. The van der Waals surface area contributed by atoms with Gasteiger partial charge in [-0.1, -0.05) is 49.3 Å². The van der Waals surface area contributed by atoms with Gasteiger partial charge in [0.15, 0.2) is 5.17 Å². The van der Waals surface area contributed by atoms with E-state index >= 15 is 0 Å². The van der Waals surface area contributed by atoms with Gasteiger partial charge in [0, 0.05) is 16.8 Å². The van der Waals surface area contributed by atoms with Gasteiger partial charge in [0.05, 0.1) is 30.8 Å². The van der Waals surface area contributed by atoms with Gasteiger partial charge in [-0.25, -0.2) is 9.79 Å². The third kappa shape index (κ3) is 4.57. The van der Waals surface area contributed by atoms with Crippen LogP contribution in [0, 0.1) is 0 Å². The molecule has 2 heterocycles. The molecule has 0 aliphatic carbocycles. The molecule has 0 saturated heterocycles. The lowest BCUT2D eigenvalue weighted by molar-refractivity contribution is -0.136. The summed E-state index contributed by atoms with van der Waals surface area (Å²) in [5.74, 6) is -0.480. The molecule has 160 valence electrons. The number of hydrogen-bond acceptors (Lipinski definition) is 6. The number of halogens is 1. The Hall–Kier alpha value is -2.25. The first kappa shape index (κ1) is 22.4. The highest BCUT2D eigenvalue weighted by Gasteiger charge is 2.41. The molecule has 8 heteroatoms. The standard InChI is InChI=1S/C22H26ClN3O3S/c1-5-13(3)24-18(27)11-16-12-30-22-25-17(6-2)19(21(28)29-4)20(26(16)22)14-7-9-15(23)10-8-14/h7-10,12-13,20H,5-6,11H2,1-4H3,(H,24,27)/t13-,20-/m1/s1. The molecule has 1 aromatic rings. The molecule has 1 amide bonds. The summed E-state index contributed by atoms with van der Waals surface area (Å²) in [4.78, 5) is 32.0. The van der Waals surface area contributed by atoms with Crippen molar-refractivity contribution >= 4 is 40.4 Å². The van der Waals surface area contributed by atoms with E-state index in [-0.39, 0.29) is 18.4 Å². The summed E-state index contributed by atoms with van der Waals surface area (Å²) in [6.07, 6.45) is 1.66. The number of benzene rings is 1. The smallest absolute Gasteiger partial charge is 0.338 e. The average molecular weight is 448 g/mol. The van der Waals surface area contributed by atoms with Gasteiger partial charge in [-0.15, -0.1) is 0 Å². The Balaban J connectivity index is 2.02. The van der Waals surface area contributed by atoms with Gasteiger partial charge < -0.3 is 15.0 Å². The molecule has 0 spiro atoms. The van der Waals surface area contributed by atoms with Crippen molar-refractivity contribution in [2.45, 2.75) is 52.1 Å². The van der Waals surface area contributed by atoms with Crippen LogP contribution in [0.5, 0.6) is 0 Å². The molecular weight excluding hydrogens is 422 g/mol. The Morgan fingerprint density at radius 1 is 1.30 bits per heavy atom. The van der Waals surface area contributed by atoms with Crippen LogP contribution >= 0.6 is 23.4 Å². The minimum Gasteiger partial charge on any atom is -0.466 e. The van der Waals surface area contributed by atoms with Crippen LogP contribution in [-0.4, -0.2) is 35.1 Å². The van der Waals surface area contributed by atoms with Gasteiger partial charge in [-0.05, 0) is 42.9 Å². The molecule has 0 unspecified atom stereocenters. The number of nitrogens with zero attached hydrogens (tertiary/aromatic N) is 2. The second-order valence-corrected chi connectivity index (χ2v) is 8.48. The van der Waals surface area contributed by atoms with E-state index in [1.807, 2.05) is 43.2 Å². The highest BCUT2D eigenvalue weighted by molar-refractivity contribution is 8.16. The SMILES string of the molecule is CCC1=C(C(=O)OC)[C@@H](c2ccc(Cl)cc2)N2C(CC(=O)N[C@H](C)CC)=CSC2=N1. The Morgan fingerprint density at radius 3 is 2.60 bits per heavy atom. The van der Waals surface area contributed by atoms with Gasteiger partial charge in [-0.3, -0.25) is 4.79 Å². The molecule has 0 aromatic heterocycles. The van der Waals surface area contributed by atoms with Gasteiger partial charge in [0.1, 0.15) is 0 Å². The number of methoxy groups -OCH3 is 1. The topological polar surface area (TPSA) is 71.0 Å². The molecule has 0 saturated carbocycles. The molecule has 1 N–H and O–H groups in total. The van der Waals surface area contributed by atoms with E-state index in [4.69, 9.17) is 21.3 Å². The van der Waals surface area contributed by atoms with E-state index in [1.165, 1.54) is 18.9 Å². The van der Waals surface area contributed by atoms with Crippen molar-refractivity contribution in [2.24, 2.45) is 4.99 Å². The number of thioether (sulfide) groups is 1. The van der Waals surface area contributed by atoms with Gasteiger partial charge >= 0.3 is 5.97 Å². The zero-order valence-electron chi connectivity index (χ0n) is 17.6. The minimum atomic E-state index is -0.435. The predicted molar refractivity (Wildman–Crippen MR) is 121 cm³/mol. The lowest BCUT2D eigenvalue weighted by atomic mass is 9.93. The zero-order valence-corrected chi connectivity index (χ0v) is 19.1. The van der Waals surface area contributed by atoms with E-state index in [9.17, 15) is 9.59 Å². The molecule has 6 nitrogen and oxygen atoms in total. The Labute approximate surface area is 186 Å². The lowest BCUT2D eigenvalue weighted by Crippen LogP contribution is -2.39. The van der Waals surface area contributed by atoms with Crippen molar-refractivity contribution in [1.29, 1.82) is 0 Å². The number of ether oxygens (including phenoxy) is 1. The summed E-state index contributed by atoms with van der Waals surface area (Å²) in [6, 6.07) is 7.05. The number of aliphatic imine (C=N–C) groups is 1. The number of hydrogen-bond donors (Lipinski definition) is 1. The third-order valence-electron chi connectivity index (χ3n) is 5.18. The predicted octanol–water partition coefficient (Wildman–Crippen LogP) is 4.78. The third-order valence-corrected chi connectivity index (χ3v) is 6.32. The normalized spacial score (nSPS) is 19.1. The van der Waals surface area contributed by atoms with Crippen LogP contribution in [0.3, 0.4) is 0 Å². The Bertz CT molecular complexity index is 924. The summed E-state index contributed by atoms with van der Waals surface area (Å²) < 4.78 is 5.10. The highest BCUT2D eigenvalue weighted by Crippen LogP contribution is 2.45. The van der Waals surface area contributed by atoms with Crippen LogP contribution in [0.1, 0.15) is 51.6 Å². The van der Waals surface area contributed by atoms with E-state index in [2.05, 4.69) is 5.32 Å².